The molecule has 7 atom stereocenters. The Bertz CT molecular complexity index is 1200. The summed E-state index contributed by atoms with van der Waals surface area (Å²) in [6.07, 6.45) is 3.95. The predicted molar refractivity (Wildman–Crippen MR) is 189 cm³/mol. The fraction of sp³-hybridized carbons (Fsp3) is 0.867. The highest BCUT2D eigenvalue weighted by Crippen LogP contribution is 2.54. The predicted octanol–water partition coefficient (Wildman–Crippen LogP) is 6.92. The van der Waals surface area contributed by atoms with Crippen molar-refractivity contribution in [2.45, 2.75) is 155 Å². The Balaban J connectivity index is 0.000000497. The summed E-state index contributed by atoms with van der Waals surface area (Å²) in [6.45, 7) is 28.2. The van der Waals surface area contributed by atoms with Gasteiger partial charge in [0.05, 0.1) is 32.5 Å². The molecule has 11 nitrogen and oxygen atoms in total. The minimum absolute atomic E-state index is 0. The molecule has 0 radical (unpaired) electrons. The van der Waals surface area contributed by atoms with Gasteiger partial charge >= 0.3 is 5.69 Å². The Morgan fingerprint density at radius 1 is 1.04 bits per heavy atom. The van der Waals surface area contributed by atoms with Crippen LogP contribution in [0.15, 0.2) is 15.8 Å². The molecule has 0 saturated carbocycles. The van der Waals surface area contributed by atoms with Crippen molar-refractivity contribution in [3.63, 3.8) is 0 Å². The zero-order valence-electron chi connectivity index (χ0n) is 29.4. The van der Waals surface area contributed by atoms with Gasteiger partial charge in [-0.25, -0.2) is 14.1 Å². The molecule has 0 bridgehead atoms. The molecular weight excluding hydrogens is 654 g/mol. The fourth-order valence-corrected chi connectivity index (χ4v) is 11.3. The van der Waals surface area contributed by atoms with E-state index in [0.29, 0.717) is 30.2 Å². The van der Waals surface area contributed by atoms with Gasteiger partial charge in [-0.15, -0.1) is 0 Å². The quantitative estimate of drug-likeness (QED) is 0.238. The maximum Gasteiger partial charge on any atom is 0.330 e. The molecule has 3 saturated heterocycles. The van der Waals surface area contributed by atoms with E-state index in [1.807, 2.05) is 0 Å². The molecule has 1 aromatic heterocycles. The first kappa shape index (κ1) is 40.9. The van der Waals surface area contributed by atoms with E-state index in [4.69, 9.17) is 29.5 Å². The maximum atomic E-state index is 12.6. The van der Waals surface area contributed by atoms with Crippen LogP contribution < -0.4 is 11.2 Å². The van der Waals surface area contributed by atoms with Gasteiger partial charge in [-0.05, 0) is 83.6 Å². The van der Waals surface area contributed by atoms with E-state index in [1.54, 1.807) is 13.1 Å². The number of H-pyrrole nitrogens is 1. The number of aromatic amines is 1. The topological polar surface area (TPSA) is 130 Å². The van der Waals surface area contributed by atoms with Crippen molar-refractivity contribution in [3.05, 3.63) is 32.6 Å². The number of rotatable bonds is 7. The lowest BCUT2D eigenvalue weighted by atomic mass is 10.2. The van der Waals surface area contributed by atoms with Crippen LogP contribution in [0.5, 0.6) is 0 Å². The number of aromatic nitrogens is 2. The van der Waals surface area contributed by atoms with Crippen LogP contribution in [-0.2, 0) is 18.3 Å². The molecule has 3 aliphatic rings. The Kier molecular flexibility index (Phi) is 15.4. The Labute approximate surface area is 278 Å². The summed E-state index contributed by atoms with van der Waals surface area (Å²) in [5, 5.41) is 0.204. The normalized spacial score (nSPS) is 30.2. The molecule has 3 N–H and O–H groups in total. The number of aryl methyl sites for hydroxylation is 1. The fourth-order valence-electron chi connectivity index (χ4n) is 5.18. The van der Waals surface area contributed by atoms with Gasteiger partial charge in [-0.2, -0.15) is 0 Å². The molecule has 45 heavy (non-hydrogen) atoms. The molecular formula is C30H59ClN4O7P2Si. The summed E-state index contributed by atoms with van der Waals surface area (Å²) >= 11 is 6.04. The zero-order valence-corrected chi connectivity index (χ0v) is 33.0. The first-order valence-corrected chi connectivity index (χ1v) is 22.5. The van der Waals surface area contributed by atoms with Crippen LogP contribution in [0.25, 0.3) is 0 Å². The summed E-state index contributed by atoms with van der Waals surface area (Å²) in [4.78, 5) is 26.9. The number of hydrogen-bond acceptors (Lipinski definition) is 8. The summed E-state index contributed by atoms with van der Waals surface area (Å²) in [5.41, 5.74) is -0.316. The van der Waals surface area contributed by atoms with Crippen molar-refractivity contribution in [3.8, 4) is 0 Å². The number of halogens is 1. The highest BCUT2D eigenvalue weighted by molar-refractivity contribution is 7.78. The minimum atomic E-state index is -1.69. The van der Waals surface area contributed by atoms with Crippen LogP contribution in [-0.4, -0.2) is 82.0 Å². The van der Waals surface area contributed by atoms with Crippen LogP contribution in [0, 0.1) is 6.92 Å². The molecule has 262 valence electrons. The molecule has 0 aromatic carbocycles. The minimum Gasteiger partial charge on any atom is -0.412 e. The van der Waals surface area contributed by atoms with Gasteiger partial charge in [0.25, 0.3) is 14.1 Å². The van der Waals surface area contributed by atoms with E-state index in [0.717, 1.165) is 32.0 Å². The largest absolute Gasteiger partial charge is 0.412 e. The molecule has 6 unspecified atom stereocenters. The molecule has 3 aliphatic heterocycles. The second-order valence-corrected chi connectivity index (χ2v) is 23.8. The van der Waals surface area contributed by atoms with Crippen LogP contribution in [0.3, 0.4) is 0 Å². The van der Waals surface area contributed by atoms with Gasteiger partial charge in [0.1, 0.15) is 6.23 Å². The first-order valence-electron chi connectivity index (χ1n) is 16.1. The number of nitrogens with one attached hydrogen (secondary N) is 1. The highest BCUT2D eigenvalue weighted by Gasteiger charge is 2.47. The SMILES string of the molecule is CC(C)N1CC[C@@H](C)OP1Cl.Cc1cn(C2CC(OP3OC(C)CCN3C(C)C)C(C[Si](C)(C)C(C)(C)C)O2)c(=O)[nH]c1=O.O. The first-order chi connectivity index (χ1) is 20.3. The molecule has 0 aliphatic carbocycles. The lowest BCUT2D eigenvalue weighted by molar-refractivity contribution is -0.0119. The zero-order chi connectivity index (χ0) is 33.1. The van der Waals surface area contributed by atoms with Crippen molar-refractivity contribution < 1.29 is 23.8 Å². The average molecular weight is 713 g/mol. The average Bonchev–Trinajstić information content (AvgIpc) is 3.26. The second-order valence-electron chi connectivity index (χ2n) is 14.7. The van der Waals surface area contributed by atoms with Gasteiger partial charge in [0, 0.05) is 43.4 Å². The summed E-state index contributed by atoms with van der Waals surface area (Å²) in [6, 6.07) is 1.76. The molecule has 0 amide bonds. The number of nitrogens with zero attached hydrogens (tertiary/aromatic N) is 3. The Morgan fingerprint density at radius 3 is 2.13 bits per heavy atom. The van der Waals surface area contributed by atoms with Crippen molar-refractivity contribution in [2.24, 2.45) is 0 Å². The van der Waals surface area contributed by atoms with Crippen LogP contribution in [0.2, 0.25) is 24.2 Å². The number of hydrogen-bond donors (Lipinski definition) is 1. The van der Waals surface area contributed by atoms with E-state index in [2.05, 4.69) is 89.7 Å². The van der Waals surface area contributed by atoms with Crippen molar-refractivity contribution in [1.29, 1.82) is 0 Å². The van der Waals surface area contributed by atoms with Gasteiger partial charge in [-0.3, -0.25) is 14.3 Å². The van der Waals surface area contributed by atoms with Crippen molar-refractivity contribution >= 4 is 35.5 Å². The Hall–Kier alpha value is -0.233. The lowest BCUT2D eigenvalue weighted by Crippen LogP contribution is -2.43. The standard InChI is InChI=1S/C23H42N3O5PSi.C7H15ClNOP.H2O/c1-15(2)26-11-10-17(4)30-32(26)31-18-12-20(25-13-16(3)21(27)24-22(25)28)29-19(18)14-33(8,9)23(5,6)7;1-6(2)9-5-4-7(3)10-11(9)8;/h13,15,17-20H,10-12,14H2,1-9H3,(H,24,27,28);6-7H,4-5H2,1-3H3;1H2/t;7-,11?;/m.1./s1. The molecule has 0 spiro atoms. The summed E-state index contributed by atoms with van der Waals surface area (Å²) < 4.78 is 31.0. The highest BCUT2D eigenvalue weighted by atomic mass is 35.7. The molecule has 1 aromatic rings. The van der Waals surface area contributed by atoms with Crippen LogP contribution in [0.1, 0.15) is 93.4 Å². The molecule has 3 fully saturated rings. The summed E-state index contributed by atoms with van der Waals surface area (Å²) in [5.74, 6) is 0. The molecule has 4 heterocycles. The third-order valence-electron chi connectivity index (χ3n) is 9.27. The van der Waals surface area contributed by atoms with Gasteiger partial charge in [-0.1, -0.05) is 33.9 Å². The monoisotopic (exact) mass is 712 g/mol. The van der Waals surface area contributed by atoms with E-state index in [1.165, 1.54) is 4.57 Å². The van der Waals surface area contributed by atoms with E-state index in [9.17, 15) is 9.59 Å². The van der Waals surface area contributed by atoms with E-state index >= 15 is 0 Å². The number of ether oxygens (including phenoxy) is 1. The van der Waals surface area contributed by atoms with Gasteiger partial charge < -0.3 is 23.8 Å². The summed E-state index contributed by atoms with van der Waals surface area (Å²) in [7, 11) is -3.72. The van der Waals surface area contributed by atoms with Crippen LogP contribution in [0.4, 0.5) is 0 Å². The third kappa shape index (κ3) is 10.9. The van der Waals surface area contributed by atoms with Crippen LogP contribution >= 0.6 is 27.4 Å². The Morgan fingerprint density at radius 2 is 1.60 bits per heavy atom. The van der Waals surface area contributed by atoms with Crippen molar-refractivity contribution in [1.82, 2.24) is 18.9 Å². The molecule has 15 heteroatoms. The second kappa shape index (κ2) is 16.9. The third-order valence-corrected chi connectivity index (χ3v) is 19.3. The lowest BCUT2D eigenvalue weighted by Gasteiger charge is -2.42. The molecule has 4 rings (SSSR count). The van der Waals surface area contributed by atoms with Gasteiger partial charge in [0.2, 0.25) is 7.65 Å². The van der Waals surface area contributed by atoms with Crippen molar-refractivity contribution in [2.75, 3.05) is 13.1 Å². The van der Waals surface area contributed by atoms with E-state index in [-0.39, 0.29) is 34.4 Å². The van der Waals surface area contributed by atoms with E-state index < -0.39 is 36.2 Å². The smallest absolute Gasteiger partial charge is 0.330 e. The maximum absolute atomic E-state index is 12.6. The van der Waals surface area contributed by atoms with Gasteiger partial charge in [0.15, 0.2) is 0 Å².